The van der Waals surface area contributed by atoms with Crippen molar-refractivity contribution in [1.29, 1.82) is 0 Å². The Hall–Kier alpha value is -2.44. The van der Waals surface area contributed by atoms with Crippen LogP contribution < -0.4 is 5.32 Å². The van der Waals surface area contributed by atoms with Crippen molar-refractivity contribution in [1.82, 2.24) is 5.32 Å². The number of esters is 1. The Morgan fingerprint density at radius 3 is 1.21 bits per heavy atom. The van der Waals surface area contributed by atoms with Crippen molar-refractivity contribution in [3.05, 3.63) is 60.8 Å². The smallest absolute Gasteiger partial charge is 0.306 e. The van der Waals surface area contributed by atoms with Gasteiger partial charge < -0.3 is 20.3 Å². The van der Waals surface area contributed by atoms with Crippen molar-refractivity contribution in [3.8, 4) is 0 Å². The Bertz CT molecular complexity index is 1190. The summed E-state index contributed by atoms with van der Waals surface area (Å²) in [5.74, 6) is -0.548. The predicted molar refractivity (Wildman–Crippen MR) is 292 cm³/mol. The number of aliphatic hydroxyl groups excluding tert-OH is 2. The van der Waals surface area contributed by atoms with Gasteiger partial charge in [0, 0.05) is 6.42 Å². The predicted octanol–water partition coefficient (Wildman–Crippen LogP) is 18.0. The summed E-state index contributed by atoms with van der Waals surface area (Å²) in [5.41, 5.74) is 0. The van der Waals surface area contributed by atoms with Crippen molar-refractivity contribution in [3.63, 3.8) is 0 Å². The van der Waals surface area contributed by atoms with Crippen molar-refractivity contribution < 1.29 is 24.5 Å². The quantitative estimate of drug-likeness (QED) is 0.0321. The summed E-state index contributed by atoms with van der Waals surface area (Å²) < 4.78 is 5.93. The number of nitrogens with one attached hydrogen (secondary N) is 1. The number of allylic oxidation sites excluding steroid dienone is 10. The first kappa shape index (κ1) is 64.6. The third-order valence-electron chi connectivity index (χ3n) is 13.1. The summed E-state index contributed by atoms with van der Waals surface area (Å²) in [6.45, 7) is 6.47. The Balaban J connectivity index is 4.66. The summed E-state index contributed by atoms with van der Waals surface area (Å²) in [4.78, 5) is 26.2. The van der Waals surface area contributed by atoms with Gasteiger partial charge >= 0.3 is 5.97 Å². The third-order valence-corrected chi connectivity index (χ3v) is 13.1. The van der Waals surface area contributed by atoms with E-state index in [1.165, 1.54) is 161 Å². The highest BCUT2D eigenvalue weighted by molar-refractivity contribution is 5.77. The van der Waals surface area contributed by atoms with E-state index in [-0.39, 0.29) is 24.9 Å². The zero-order valence-electron chi connectivity index (χ0n) is 44.5. The van der Waals surface area contributed by atoms with Gasteiger partial charge in [-0.1, -0.05) is 248 Å². The second kappa shape index (κ2) is 54.5. The molecule has 390 valence electrons. The average molecular weight is 939 g/mol. The molecule has 0 heterocycles. The van der Waals surface area contributed by atoms with Gasteiger partial charge in [0.25, 0.3) is 0 Å². The second-order valence-electron chi connectivity index (χ2n) is 19.7. The fraction of sp³-hybridized carbons (Fsp3) is 0.803. The molecule has 1 amide bonds. The number of hydrogen-bond donors (Lipinski definition) is 3. The molecule has 0 aliphatic rings. The molecule has 3 atom stereocenters. The molecule has 0 radical (unpaired) electrons. The molecule has 0 aromatic carbocycles. The lowest BCUT2D eigenvalue weighted by Gasteiger charge is -2.24. The van der Waals surface area contributed by atoms with Crippen LogP contribution in [0.3, 0.4) is 0 Å². The van der Waals surface area contributed by atoms with Crippen LogP contribution in [0.1, 0.15) is 290 Å². The van der Waals surface area contributed by atoms with Crippen LogP contribution in [0.5, 0.6) is 0 Å². The van der Waals surface area contributed by atoms with E-state index in [0.29, 0.717) is 25.7 Å². The summed E-state index contributed by atoms with van der Waals surface area (Å²) in [7, 11) is 0. The van der Waals surface area contributed by atoms with Crippen molar-refractivity contribution >= 4 is 11.9 Å². The van der Waals surface area contributed by atoms with E-state index in [4.69, 9.17) is 4.74 Å². The molecule has 0 aliphatic carbocycles. The standard InChI is InChI=1S/C61H111NO5/c1-4-7-10-13-16-19-22-25-28-30-33-36-39-42-45-48-51-54-61(66)67-57(52-49-46-43-40-37-34-32-29-26-23-20-17-14-11-8-5-2)55-60(65)62-58(56-63)59(64)53-50-47-44-41-38-35-31-27-24-21-18-15-12-9-6-3/h16,19,25,28,33-34,36-37,42,45,57-59,63-64H,4-15,17-18,20-24,26-27,29-32,35,38-41,43-44,46-56H2,1-3H3,(H,62,65)/b19-16-,28-25-,36-33-,37-34+,45-42-. The Morgan fingerprint density at radius 2 is 0.761 bits per heavy atom. The van der Waals surface area contributed by atoms with E-state index in [1.54, 1.807) is 0 Å². The SMILES string of the molecule is CCCCC/C=C\C/C=C\C/C=C\C/C=C\CCCC(=O)OC(CCCCC/C=C/CCCCCCCCCCC)CC(=O)NC(CO)C(O)CCCCCCCCCCCCCCCCC. The Kier molecular flexibility index (Phi) is 52.5. The minimum atomic E-state index is -0.803. The topological polar surface area (TPSA) is 95.9 Å². The number of hydrogen-bond acceptors (Lipinski definition) is 5. The molecule has 0 spiro atoms. The van der Waals surface area contributed by atoms with Crippen LogP contribution in [0.25, 0.3) is 0 Å². The molecule has 0 bridgehead atoms. The Labute approximate surface area is 416 Å². The second-order valence-corrected chi connectivity index (χ2v) is 19.7. The molecule has 0 aliphatic heterocycles. The molecule has 0 fully saturated rings. The fourth-order valence-corrected chi connectivity index (χ4v) is 8.65. The van der Waals surface area contributed by atoms with Crippen LogP contribution in [0.2, 0.25) is 0 Å². The Morgan fingerprint density at radius 1 is 0.433 bits per heavy atom. The highest BCUT2D eigenvalue weighted by Crippen LogP contribution is 2.18. The zero-order chi connectivity index (χ0) is 48.8. The van der Waals surface area contributed by atoms with Crippen LogP contribution in [-0.2, 0) is 14.3 Å². The highest BCUT2D eigenvalue weighted by atomic mass is 16.5. The molecule has 3 N–H and O–H groups in total. The molecule has 3 unspecified atom stereocenters. The number of carbonyl (C=O) groups excluding carboxylic acids is 2. The number of carbonyl (C=O) groups is 2. The number of amides is 1. The lowest BCUT2D eigenvalue weighted by molar-refractivity contribution is -0.151. The normalized spacial score (nSPS) is 13.6. The lowest BCUT2D eigenvalue weighted by Crippen LogP contribution is -2.46. The van der Waals surface area contributed by atoms with Crippen molar-refractivity contribution in [2.75, 3.05) is 6.61 Å². The number of aliphatic hydroxyl groups is 2. The van der Waals surface area contributed by atoms with Gasteiger partial charge in [-0.15, -0.1) is 0 Å². The molecule has 0 saturated heterocycles. The van der Waals surface area contributed by atoms with Gasteiger partial charge in [0.05, 0.1) is 25.2 Å². The van der Waals surface area contributed by atoms with Gasteiger partial charge in [-0.2, -0.15) is 0 Å². The number of unbranched alkanes of at least 4 members (excludes halogenated alkanes) is 30. The minimum absolute atomic E-state index is 0.0454. The average Bonchev–Trinajstić information content (AvgIpc) is 3.32. The molecular formula is C61H111NO5. The molecule has 67 heavy (non-hydrogen) atoms. The maximum Gasteiger partial charge on any atom is 0.306 e. The molecule has 0 aromatic rings. The maximum atomic E-state index is 13.3. The summed E-state index contributed by atoms with van der Waals surface area (Å²) in [6.07, 6.45) is 68.6. The van der Waals surface area contributed by atoms with Gasteiger partial charge in [-0.05, 0) is 89.9 Å². The van der Waals surface area contributed by atoms with Gasteiger partial charge in [-0.25, -0.2) is 0 Å². The summed E-state index contributed by atoms with van der Waals surface area (Å²) >= 11 is 0. The van der Waals surface area contributed by atoms with Gasteiger partial charge in [0.2, 0.25) is 5.91 Å². The minimum Gasteiger partial charge on any atom is -0.462 e. The first-order chi connectivity index (χ1) is 33.0. The highest BCUT2D eigenvalue weighted by Gasteiger charge is 2.24. The molecule has 0 aromatic heterocycles. The maximum absolute atomic E-state index is 13.3. The van der Waals surface area contributed by atoms with E-state index in [0.717, 1.165) is 77.0 Å². The summed E-state index contributed by atoms with van der Waals surface area (Å²) in [6, 6.07) is -0.719. The van der Waals surface area contributed by atoms with Crippen LogP contribution >= 0.6 is 0 Å². The van der Waals surface area contributed by atoms with Crippen molar-refractivity contribution in [2.24, 2.45) is 0 Å². The van der Waals surface area contributed by atoms with Gasteiger partial charge in [-0.3, -0.25) is 9.59 Å². The lowest BCUT2D eigenvalue weighted by atomic mass is 10.0. The van der Waals surface area contributed by atoms with E-state index in [1.807, 2.05) is 0 Å². The van der Waals surface area contributed by atoms with Gasteiger partial charge in [0.15, 0.2) is 0 Å². The van der Waals surface area contributed by atoms with Crippen LogP contribution in [0, 0.1) is 0 Å². The first-order valence-electron chi connectivity index (χ1n) is 29.0. The molecule has 6 heteroatoms. The molecule has 6 nitrogen and oxygen atoms in total. The number of rotatable bonds is 52. The van der Waals surface area contributed by atoms with E-state index in [9.17, 15) is 19.8 Å². The monoisotopic (exact) mass is 938 g/mol. The van der Waals surface area contributed by atoms with E-state index < -0.39 is 18.2 Å². The first-order valence-corrected chi connectivity index (χ1v) is 29.0. The van der Waals surface area contributed by atoms with Crippen molar-refractivity contribution in [2.45, 2.75) is 309 Å². The van der Waals surface area contributed by atoms with Crippen LogP contribution in [0.4, 0.5) is 0 Å². The fourth-order valence-electron chi connectivity index (χ4n) is 8.65. The van der Waals surface area contributed by atoms with E-state index in [2.05, 4.69) is 86.8 Å². The van der Waals surface area contributed by atoms with Gasteiger partial charge in [0.1, 0.15) is 6.10 Å². The largest absolute Gasteiger partial charge is 0.462 e. The number of ether oxygens (including phenoxy) is 1. The molecular weight excluding hydrogens is 827 g/mol. The molecule has 0 rings (SSSR count). The van der Waals surface area contributed by atoms with Crippen LogP contribution in [-0.4, -0.2) is 46.9 Å². The third kappa shape index (κ3) is 49.8. The van der Waals surface area contributed by atoms with Crippen LogP contribution in [0.15, 0.2) is 60.8 Å². The zero-order valence-corrected chi connectivity index (χ0v) is 44.5. The summed E-state index contributed by atoms with van der Waals surface area (Å²) in [5, 5.41) is 23.9. The van der Waals surface area contributed by atoms with E-state index >= 15 is 0 Å². The molecule has 0 saturated carbocycles.